The maximum atomic E-state index is 12.3. The molecule has 0 radical (unpaired) electrons. The van der Waals surface area contributed by atoms with E-state index < -0.39 is 15.9 Å². The lowest BCUT2D eigenvalue weighted by Crippen LogP contribution is -2.24. The normalized spacial score (nSPS) is 10.6. The molecular formula is C16H15N3O3S. The van der Waals surface area contributed by atoms with Gasteiger partial charge in [-0.05, 0) is 29.8 Å². The molecule has 1 amide bonds. The van der Waals surface area contributed by atoms with Crippen LogP contribution in [-0.2, 0) is 16.6 Å². The number of anilines is 1. The number of benzene rings is 2. The molecule has 2 N–H and O–H groups in total. The minimum Gasteiger partial charge on any atom is -0.348 e. The van der Waals surface area contributed by atoms with Gasteiger partial charge < -0.3 is 5.32 Å². The van der Waals surface area contributed by atoms with Crippen LogP contribution in [-0.4, -0.2) is 20.6 Å². The summed E-state index contributed by atoms with van der Waals surface area (Å²) in [6.45, 7) is 0.238. The van der Waals surface area contributed by atoms with Crippen molar-refractivity contribution in [2.75, 3.05) is 11.0 Å². The highest BCUT2D eigenvalue weighted by atomic mass is 32.2. The number of amides is 1. The summed E-state index contributed by atoms with van der Waals surface area (Å²) in [4.78, 5) is 12.3. The summed E-state index contributed by atoms with van der Waals surface area (Å²) < 4.78 is 25.0. The summed E-state index contributed by atoms with van der Waals surface area (Å²) in [6, 6.07) is 15.3. The zero-order valence-electron chi connectivity index (χ0n) is 12.4. The Morgan fingerprint density at radius 2 is 1.91 bits per heavy atom. The molecular weight excluding hydrogens is 314 g/mol. The van der Waals surface area contributed by atoms with Crippen molar-refractivity contribution in [3.8, 4) is 6.07 Å². The van der Waals surface area contributed by atoms with E-state index in [1.807, 2.05) is 6.07 Å². The van der Waals surface area contributed by atoms with Crippen LogP contribution in [0.4, 0.5) is 5.69 Å². The summed E-state index contributed by atoms with van der Waals surface area (Å²) in [6.07, 6.45) is 1.02. The van der Waals surface area contributed by atoms with E-state index in [-0.39, 0.29) is 17.8 Å². The first kappa shape index (κ1) is 16.5. The van der Waals surface area contributed by atoms with Crippen molar-refractivity contribution >= 4 is 21.6 Å². The molecule has 2 rings (SSSR count). The molecule has 2 aromatic rings. The van der Waals surface area contributed by atoms with Gasteiger partial charge in [0.1, 0.15) is 0 Å². The van der Waals surface area contributed by atoms with Crippen molar-refractivity contribution in [2.24, 2.45) is 0 Å². The van der Waals surface area contributed by atoms with Crippen LogP contribution >= 0.6 is 0 Å². The Bertz CT molecular complexity index is 870. The molecule has 0 spiro atoms. The first-order chi connectivity index (χ1) is 10.9. The lowest BCUT2D eigenvalue weighted by Gasteiger charge is -2.11. The topological polar surface area (TPSA) is 99.1 Å². The highest BCUT2D eigenvalue weighted by molar-refractivity contribution is 7.92. The molecule has 0 saturated carbocycles. The predicted octanol–water partition coefficient (Wildman–Crippen LogP) is 1.86. The van der Waals surface area contributed by atoms with E-state index in [9.17, 15) is 13.2 Å². The molecule has 7 heteroatoms. The fourth-order valence-corrected chi connectivity index (χ4v) is 2.58. The van der Waals surface area contributed by atoms with Gasteiger partial charge in [0.2, 0.25) is 10.0 Å². The lowest BCUT2D eigenvalue weighted by atomic mass is 10.1. The SMILES string of the molecule is CS(=O)(=O)Nc1ccccc1C(=O)NCc1cccc(C#N)c1. The predicted molar refractivity (Wildman–Crippen MR) is 87.2 cm³/mol. The maximum absolute atomic E-state index is 12.3. The zero-order valence-corrected chi connectivity index (χ0v) is 13.2. The van der Waals surface area contributed by atoms with Gasteiger partial charge in [-0.2, -0.15) is 5.26 Å². The van der Waals surface area contributed by atoms with Gasteiger partial charge in [-0.3, -0.25) is 9.52 Å². The number of carbonyl (C=O) groups excluding carboxylic acids is 1. The van der Waals surface area contributed by atoms with Crippen molar-refractivity contribution in [3.63, 3.8) is 0 Å². The third kappa shape index (κ3) is 4.83. The summed E-state index contributed by atoms with van der Waals surface area (Å²) >= 11 is 0. The van der Waals surface area contributed by atoms with Gasteiger partial charge in [-0.1, -0.05) is 24.3 Å². The highest BCUT2D eigenvalue weighted by Gasteiger charge is 2.13. The average Bonchev–Trinajstić information content (AvgIpc) is 2.52. The standard InChI is InChI=1S/C16H15N3O3S/c1-23(21,22)19-15-8-3-2-7-14(15)16(20)18-11-13-6-4-5-12(9-13)10-17/h2-9,19H,11H2,1H3,(H,18,20). The van der Waals surface area contributed by atoms with Gasteiger partial charge in [-0.25, -0.2) is 8.42 Å². The first-order valence-corrected chi connectivity index (χ1v) is 8.62. The quantitative estimate of drug-likeness (QED) is 0.874. The molecule has 6 nitrogen and oxygen atoms in total. The second-order valence-electron chi connectivity index (χ2n) is 4.91. The van der Waals surface area contributed by atoms with Crippen molar-refractivity contribution in [1.82, 2.24) is 5.32 Å². The minimum atomic E-state index is -3.48. The molecule has 0 aromatic heterocycles. The first-order valence-electron chi connectivity index (χ1n) is 6.73. The van der Waals surface area contributed by atoms with Crippen molar-refractivity contribution in [1.29, 1.82) is 5.26 Å². The molecule has 0 saturated heterocycles. The number of nitrogens with zero attached hydrogens (tertiary/aromatic N) is 1. The molecule has 0 heterocycles. The fraction of sp³-hybridized carbons (Fsp3) is 0.125. The molecule has 0 aliphatic heterocycles. The number of nitriles is 1. The van der Waals surface area contributed by atoms with Crippen LogP contribution in [0.2, 0.25) is 0 Å². The van der Waals surface area contributed by atoms with Gasteiger partial charge in [-0.15, -0.1) is 0 Å². The van der Waals surface area contributed by atoms with Crippen LogP contribution in [0.5, 0.6) is 0 Å². The monoisotopic (exact) mass is 329 g/mol. The Morgan fingerprint density at radius 3 is 2.61 bits per heavy atom. The number of carbonyl (C=O) groups is 1. The smallest absolute Gasteiger partial charge is 0.253 e. The maximum Gasteiger partial charge on any atom is 0.253 e. The van der Waals surface area contributed by atoms with Crippen molar-refractivity contribution < 1.29 is 13.2 Å². The number of hydrogen-bond acceptors (Lipinski definition) is 4. The number of rotatable bonds is 5. The van der Waals surface area contributed by atoms with Gasteiger partial charge in [0, 0.05) is 6.54 Å². The van der Waals surface area contributed by atoms with Crippen LogP contribution in [0, 0.1) is 11.3 Å². The number of hydrogen-bond donors (Lipinski definition) is 2. The van der Waals surface area contributed by atoms with E-state index in [1.165, 1.54) is 12.1 Å². The molecule has 23 heavy (non-hydrogen) atoms. The summed E-state index contributed by atoms with van der Waals surface area (Å²) in [5, 5.41) is 11.6. The molecule has 0 aliphatic carbocycles. The summed E-state index contributed by atoms with van der Waals surface area (Å²) in [5.74, 6) is -0.404. The second kappa shape index (κ2) is 6.94. The second-order valence-corrected chi connectivity index (χ2v) is 6.66. The Hall–Kier alpha value is -2.85. The van der Waals surface area contributed by atoms with E-state index in [0.29, 0.717) is 5.56 Å². The van der Waals surface area contributed by atoms with Crippen molar-refractivity contribution in [2.45, 2.75) is 6.54 Å². The molecule has 0 fully saturated rings. The number of para-hydroxylation sites is 1. The lowest BCUT2D eigenvalue weighted by molar-refractivity contribution is 0.0952. The summed E-state index contributed by atoms with van der Waals surface area (Å²) in [7, 11) is -3.48. The Balaban J connectivity index is 2.13. The molecule has 0 aliphatic rings. The van der Waals surface area contributed by atoms with Crippen molar-refractivity contribution in [3.05, 3.63) is 65.2 Å². The van der Waals surface area contributed by atoms with Crippen LogP contribution in [0.1, 0.15) is 21.5 Å². The van der Waals surface area contributed by atoms with Gasteiger partial charge in [0.25, 0.3) is 5.91 Å². The van der Waals surface area contributed by atoms with Crippen LogP contribution < -0.4 is 10.0 Å². The van der Waals surface area contributed by atoms with Crippen LogP contribution in [0.25, 0.3) is 0 Å². The number of nitrogens with one attached hydrogen (secondary N) is 2. The van der Waals surface area contributed by atoms with Gasteiger partial charge >= 0.3 is 0 Å². The summed E-state index contributed by atoms with van der Waals surface area (Å²) in [5.41, 5.74) is 1.74. The molecule has 2 aromatic carbocycles. The zero-order chi connectivity index (χ0) is 16.9. The Morgan fingerprint density at radius 1 is 1.17 bits per heavy atom. The molecule has 0 unspecified atom stereocenters. The molecule has 118 valence electrons. The van der Waals surface area contributed by atoms with E-state index in [1.54, 1.807) is 36.4 Å². The third-order valence-electron chi connectivity index (χ3n) is 2.98. The average molecular weight is 329 g/mol. The van der Waals surface area contributed by atoms with Gasteiger partial charge in [0.15, 0.2) is 0 Å². The Labute approximate surface area is 134 Å². The van der Waals surface area contributed by atoms with Crippen LogP contribution in [0.3, 0.4) is 0 Å². The van der Waals surface area contributed by atoms with E-state index in [2.05, 4.69) is 10.0 Å². The highest BCUT2D eigenvalue weighted by Crippen LogP contribution is 2.16. The largest absolute Gasteiger partial charge is 0.348 e. The third-order valence-corrected chi connectivity index (χ3v) is 3.57. The molecule has 0 atom stereocenters. The van der Waals surface area contributed by atoms with Gasteiger partial charge in [0.05, 0.1) is 29.1 Å². The van der Waals surface area contributed by atoms with Crippen LogP contribution in [0.15, 0.2) is 48.5 Å². The number of sulfonamides is 1. The van der Waals surface area contributed by atoms with E-state index in [0.717, 1.165) is 11.8 Å². The molecule has 0 bridgehead atoms. The van der Waals surface area contributed by atoms with E-state index >= 15 is 0 Å². The minimum absolute atomic E-state index is 0.221. The van der Waals surface area contributed by atoms with E-state index in [4.69, 9.17) is 5.26 Å². The fourth-order valence-electron chi connectivity index (χ4n) is 2.00. The Kier molecular flexibility index (Phi) is 4.98.